The number of benzene rings is 1. The Kier molecular flexibility index (Phi) is 6.81. The zero-order chi connectivity index (χ0) is 25.4. The van der Waals surface area contributed by atoms with Gasteiger partial charge in [-0.15, -0.1) is 0 Å². The molecule has 36 heavy (non-hydrogen) atoms. The van der Waals surface area contributed by atoms with Crippen LogP contribution >= 0.6 is 0 Å². The van der Waals surface area contributed by atoms with Crippen molar-refractivity contribution in [2.24, 2.45) is 0 Å². The molecule has 1 saturated heterocycles. The van der Waals surface area contributed by atoms with E-state index in [0.717, 1.165) is 65.4 Å². The van der Waals surface area contributed by atoms with Crippen molar-refractivity contribution < 1.29 is 4.74 Å². The number of nitrogens with zero attached hydrogens (tertiary/aromatic N) is 7. The van der Waals surface area contributed by atoms with Gasteiger partial charge in [0, 0.05) is 49.5 Å². The summed E-state index contributed by atoms with van der Waals surface area (Å²) in [5.74, 6) is 1.66. The maximum Gasteiger partial charge on any atom is 0.213 e. The number of piperazine rings is 1. The summed E-state index contributed by atoms with van der Waals surface area (Å²) in [6.07, 6.45) is 4.81. The minimum absolute atomic E-state index is 0.458. The summed E-state index contributed by atoms with van der Waals surface area (Å²) in [4.78, 5) is 21.3. The monoisotopic (exact) mass is 487 g/mol. The Labute approximate surface area is 213 Å². The highest BCUT2D eigenvalue weighted by Gasteiger charge is 2.29. The third kappa shape index (κ3) is 4.75. The molecule has 0 unspecified atom stereocenters. The van der Waals surface area contributed by atoms with Crippen LogP contribution in [0, 0.1) is 6.92 Å². The average Bonchev–Trinajstić information content (AvgIpc) is 3.21. The standard InChI is InChI=1S/C28H37N7O/c1-19-17-34(18-20(2)33(19)6)28-31-21(3)26-16-29-24-10-8-22(14-25(24)35(26)28)23-9-11-27(30-15-23)36-13-7-12-32(4)5/h8-11,14-16,19-20H,7,12-13,17-18H2,1-6H3/t19-,20+. The van der Waals surface area contributed by atoms with Gasteiger partial charge in [-0.05, 0) is 72.1 Å². The molecule has 4 heterocycles. The summed E-state index contributed by atoms with van der Waals surface area (Å²) in [6, 6.07) is 11.3. The molecule has 0 N–H and O–H groups in total. The highest BCUT2D eigenvalue weighted by atomic mass is 16.5. The van der Waals surface area contributed by atoms with Gasteiger partial charge in [-0.2, -0.15) is 0 Å². The van der Waals surface area contributed by atoms with Crippen molar-refractivity contribution in [3.05, 3.63) is 48.4 Å². The Morgan fingerprint density at radius 2 is 1.72 bits per heavy atom. The van der Waals surface area contributed by atoms with Gasteiger partial charge >= 0.3 is 0 Å². The summed E-state index contributed by atoms with van der Waals surface area (Å²) >= 11 is 0. The molecule has 0 amide bonds. The van der Waals surface area contributed by atoms with E-state index in [-0.39, 0.29) is 0 Å². The molecule has 2 atom stereocenters. The second kappa shape index (κ2) is 10.0. The van der Waals surface area contributed by atoms with Crippen LogP contribution < -0.4 is 9.64 Å². The minimum Gasteiger partial charge on any atom is -0.478 e. The smallest absolute Gasteiger partial charge is 0.213 e. The van der Waals surface area contributed by atoms with Crippen LogP contribution in [0.3, 0.4) is 0 Å². The molecule has 8 heteroatoms. The number of fused-ring (bicyclic) bond motifs is 3. The zero-order valence-electron chi connectivity index (χ0n) is 22.3. The van der Waals surface area contributed by atoms with Gasteiger partial charge < -0.3 is 14.5 Å². The van der Waals surface area contributed by atoms with Crippen LogP contribution in [-0.2, 0) is 0 Å². The predicted molar refractivity (Wildman–Crippen MR) is 146 cm³/mol. The second-order valence-corrected chi connectivity index (χ2v) is 10.3. The summed E-state index contributed by atoms with van der Waals surface area (Å²) in [6.45, 7) is 10.2. The van der Waals surface area contributed by atoms with Crippen molar-refractivity contribution in [2.45, 2.75) is 39.3 Å². The fourth-order valence-corrected chi connectivity index (χ4v) is 5.01. The maximum absolute atomic E-state index is 5.82. The number of hydrogen-bond donors (Lipinski definition) is 0. The Hall–Kier alpha value is -3.23. The van der Waals surface area contributed by atoms with E-state index in [9.17, 15) is 0 Å². The Morgan fingerprint density at radius 3 is 2.42 bits per heavy atom. The summed E-state index contributed by atoms with van der Waals surface area (Å²) in [5.41, 5.74) is 6.21. The van der Waals surface area contributed by atoms with E-state index in [0.29, 0.717) is 24.6 Å². The van der Waals surface area contributed by atoms with E-state index in [2.05, 4.69) is 90.3 Å². The number of pyridine rings is 1. The lowest BCUT2D eigenvalue weighted by Crippen LogP contribution is -2.55. The van der Waals surface area contributed by atoms with Crippen LogP contribution in [0.15, 0.2) is 42.7 Å². The summed E-state index contributed by atoms with van der Waals surface area (Å²) < 4.78 is 8.10. The Bertz CT molecular complexity index is 1340. The summed E-state index contributed by atoms with van der Waals surface area (Å²) in [7, 11) is 6.35. The van der Waals surface area contributed by atoms with Gasteiger partial charge in [-0.25, -0.2) is 9.97 Å². The normalized spacial score (nSPS) is 19.0. The summed E-state index contributed by atoms with van der Waals surface area (Å²) in [5, 5.41) is 0. The SMILES string of the molecule is Cc1nc(N2C[C@@H](C)N(C)[C@@H](C)C2)n2c1cnc1ccc(-c3ccc(OCCCN(C)C)nc3)cc12. The van der Waals surface area contributed by atoms with Gasteiger partial charge in [0.1, 0.15) is 0 Å². The third-order valence-electron chi connectivity index (χ3n) is 7.33. The lowest BCUT2D eigenvalue weighted by Gasteiger charge is -2.42. The first-order valence-corrected chi connectivity index (χ1v) is 12.8. The predicted octanol–water partition coefficient (Wildman–Crippen LogP) is 4.11. The van der Waals surface area contributed by atoms with Crippen molar-refractivity contribution in [1.82, 2.24) is 29.2 Å². The van der Waals surface area contributed by atoms with Crippen LogP contribution in [-0.4, -0.2) is 88.6 Å². The molecular formula is C28H37N7O. The number of rotatable bonds is 7. The molecule has 4 aromatic rings. The first-order valence-electron chi connectivity index (χ1n) is 12.8. The van der Waals surface area contributed by atoms with E-state index < -0.39 is 0 Å². The number of imidazole rings is 1. The highest BCUT2D eigenvalue weighted by molar-refractivity contribution is 5.85. The number of anilines is 1. The van der Waals surface area contributed by atoms with E-state index in [1.807, 2.05) is 18.5 Å². The minimum atomic E-state index is 0.458. The van der Waals surface area contributed by atoms with Crippen molar-refractivity contribution in [2.75, 3.05) is 52.3 Å². The fraction of sp³-hybridized carbons (Fsp3) is 0.464. The van der Waals surface area contributed by atoms with Crippen molar-refractivity contribution in [1.29, 1.82) is 0 Å². The molecule has 0 spiro atoms. The molecule has 0 bridgehead atoms. The van der Waals surface area contributed by atoms with Crippen LogP contribution in [0.5, 0.6) is 5.88 Å². The van der Waals surface area contributed by atoms with Crippen molar-refractivity contribution in [3.63, 3.8) is 0 Å². The molecule has 8 nitrogen and oxygen atoms in total. The molecule has 3 aromatic heterocycles. The Balaban J connectivity index is 1.48. The second-order valence-electron chi connectivity index (χ2n) is 10.3. The Morgan fingerprint density at radius 1 is 0.972 bits per heavy atom. The van der Waals surface area contributed by atoms with Crippen LogP contribution in [0.1, 0.15) is 26.0 Å². The number of aromatic nitrogens is 4. The van der Waals surface area contributed by atoms with Crippen molar-refractivity contribution >= 4 is 22.5 Å². The topological polar surface area (TPSA) is 62.0 Å². The molecular weight excluding hydrogens is 450 g/mol. The number of hydrogen-bond acceptors (Lipinski definition) is 7. The molecule has 1 aromatic carbocycles. The molecule has 0 saturated carbocycles. The lowest BCUT2D eigenvalue weighted by atomic mass is 10.1. The van der Waals surface area contributed by atoms with Gasteiger partial charge in [0.25, 0.3) is 0 Å². The highest BCUT2D eigenvalue weighted by Crippen LogP contribution is 2.30. The molecule has 1 fully saturated rings. The molecule has 1 aliphatic rings. The number of likely N-dealkylation sites (N-methyl/N-ethyl adjacent to an activating group) is 1. The number of ether oxygens (including phenoxy) is 1. The van der Waals surface area contributed by atoms with Crippen LogP contribution in [0.25, 0.3) is 27.7 Å². The first kappa shape index (κ1) is 24.5. The molecule has 190 valence electrons. The largest absolute Gasteiger partial charge is 0.478 e. The quantitative estimate of drug-likeness (QED) is 0.364. The average molecular weight is 488 g/mol. The lowest BCUT2D eigenvalue weighted by molar-refractivity contribution is 0.169. The van der Waals surface area contributed by atoms with E-state index in [4.69, 9.17) is 14.7 Å². The van der Waals surface area contributed by atoms with E-state index in [1.165, 1.54) is 0 Å². The van der Waals surface area contributed by atoms with E-state index in [1.54, 1.807) is 0 Å². The molecule has 0 aliphatic carbocycles. The van der Waals surface area contributed by atoms with Gasteiger partial charge in [-0.1, -0.05) is 6.07 Å². The van der Waals surface area contributed by atoms with Gasteiger partial charge in [0.15, 0.2) is 0 Å². The van der Waals surface area contributed by atoms with Crippen molar-refractivity contribution in [3.8, 4) is 17.0 Å². The molecule has 5 rings (SSSR count). The van der Waals surface area contributed by atoms with E-state index >= 15 is 0 Å². The zero-order valence-corrected chi connectivity index (χ0v) is 22.3. The fourth-order valence-electron chi connectivity index (χ4n) is 5.01. The van der Waals surface area contributed by atoms with Crippen LogP contribution in [0.4, 0.5) is 5.95 Å². The third-order valence-corrected chi connectivity index (χ3v) is 7.33. The van der Waals surface area contributed by atoms with Gasteiger partial charge in [0.05, 0.1) is 35.0 Å². The maximum atomic E-state index is 5.82. The number of aryl methyl sites for hydroxylation is 1. The van der Waals surface area contributed by atoms with Gasteiger partial charge in [-0.3, -0.25) is 14.3 Å². The van der Waals surface area contributed by atoms with Crippen LogP contribution in [0.2, 0.25) is 0 Å². The molecule has 0 radical (unpaired) electrons. The molecule has 1 aliphatic heterocycles. The first-order chi connectivity index (χ1) is 17.3. The van der Waals surface area contributed by atoms with Gasteiger partial charge in [0.2, 0.25) is 11.8 Å².